The second-order valence-electron chi connectivity index (χ2n) is 3.28. The van der Waals surface area contributed by atoms with Gasteiger partial charge in [-0.15, -0.1) is 0 Å². The van der Waals surface area contributed by atoms with Crippen molar-refractivity contribution in [2.24, 2.45) is 0 Å². The molecule has 0 atom stereocenters. The molecule has 0 aliphatic carbocycles. The third-order valence-corrected chi connectivity index (χ3v) is 2.12. The maximum Gasteiger partial charge on any atom is 0.132 e. The molecule has 2 aromatic rings. The summed E-state index contributed by atoms with van der Waals surface area (Å²) in [6.07, 6.45) is 6.13. The van der Waals surface area contributed by atoms with Crippen LogP contribution in [0.3, 0.4) is 0 Å². The molecule has 1 aromatic heterocycles. The molecule has 0 saturated heterocycles. The van der Waals surface area contributed by atoms with Crippen LogP contribution in [0.15, 0.2) is 30.5 Å². The first-order chi connectivity index (χ1) is 6.90. The van der Waals surface area contributed by atoms with E-state index in [4.69, 9.17) is 0 Å². The summed E-state index contributed by atoms with van der Waals surface area (Å²) in [5.74, 6) is 0.838. The molecule has 0 unspecified atom stereocenters. The Balaban J connectivity index is 2.32. The molecule has 0 aliphatic heterocycles. The summed E-state index contributed by atoms with van der Waals surface area (Å²) < 4.78 is 0. The zero-order valence-electron chi connectivity index (χ0n) is 8.27. The number of fused-ring (bicyclic) bond motifs is 1. The van der Waals surface area contributed by atoms with Crippen LogP contribution in [0.4, 0.5) is 0 Å². The summed E-state index contributed by atoms with van der Waals surface area (Å²) >= 11 is 0. The lowest BCUT2D eigenvalue weighted by molar-refractivity contribution is 0.884. The fraction of sp³-hybridized carbons (Fsp3) is 0.250. The van der Waals surface area contributed by atoms with Gasteiger partial charge in [0, 0.05) is 18.0 Å². The molecule has 2 nitrogen and oxygen atoms in total. The largest absolute Gasteiger partial charge is 0.240 e. The van der Waals surface area contributed by atoms with Crippen molar-refractivity contribution in [3.63, 3.8) is 0 Å². The predicted octanol–water partition coefficient (Wildman–Crippen LogP) is 2.98. The molecule has 0 spiro atoms. The minimum Gasteiger partial charge on any atom is -0.240 e. The van der Waals surface area contributed by atoms with E-state index in [-0.39, 0.29) is 0 Å². The first kappa shape index (κ1) is 9.13. The van der Waals surface area contributed by atoms with Crippen molar-refractivity contribution in [1.29, 1.82) is 0 Å². The van der Waals surface area contributed by atoms with Gasteiger partial charge in [-0.1, -0.05) is 31.5 Å². The Hall–Kier alpha value is -1.44. The molecule has 1 heterocycles. The van der Waals surface area contributed by atoms with Crippen molar-refractivity contribution in [2.75, 3.05) is 0 Å². The van der Waals surface area contributed by atoms with E-state index in [1.807, 2.05) is 30.5 Å². The van der Waals surface area contributed by atoms with E-state index in [2.05, 4.69) is 23.3 Å². The van der Waals surface area contributed by atoms with Crippen LogP contribution in [-0.4, -0.2) is 9.97 Å². The van der Waals surface area contributed by atoms with Gasteiger partial charge in [0.15, 0.2) is 0 Å². The van der Waals surface area contributed by atoms with E-state index in [9.17, 15) is 0 Å². The molecule has 0 aliphatic rings. The molecule has 2 heteroatoms. The molecule has 1 aromatic carbocycles. The van der Waals surface area contributed by atoms with Crippen LogP contribution in [0.2, 0.25) is 0 Å². The van der Waals surface area contributed by atoms with Crippen molar-refractivity contribution in [1.82, 2.24) is 9.97 Å². The Morgan fingerprint density at radius 2 is 2.14 bits per heavy atom. The number of unbranched alkanes of at least 4 members (excludes halogenated alkanes) is 1. The Bertz CT molecular complexity index is 423. The fourth-order valence-electron chi connectivity index (χ4n) is 1.36. The van der Waals surface area contributed by atoms with Crippen LogP contribution in [0, 0.1) is 6.42 Å². The number of benzene rings is 1. The van der Waals surface area contributed by atoms with Crippen LogP contribution in [0.25, 0.3) is 10.9 Å². The van der Waals surface area contributed by atoms with Crippen LogP contribution in [-0.2, 0) is 0 Å². The summed E-state index contributed by atoms with van der Waals surface area (Å²) in [4.78, 5) is 8.72. The smallest absolute Gasteiger partial charge is 0.132 e. The van der Waals surface area contributed by atoms with Crippen LogP contribution in [0.5, 0.6) is 0 Å². The van der Waals surface area contributed by atoms with Crippen LogP contribution in [0.1, 0.15) is 25.6 Å². The van der Waals surface area contributed by atoms with Gasteiger partial charge in [0.2, 0.25) is 0 Å². The van der Waals surface area contributed by atoms with Crippen molar-refractivity contribution in [3.8, 4) is 0 Å². The monoisotopic (exact) mass is 185 g/mol. The Morgan fingerprint density at radius 1 is 1.29 bits per heavy atom. The van der Waals surface area contributed by atoms with Crippen LogP contribution < -0.4 is 0 Å². The van der Waals surface area contributed by atoms with Gasteiger partial charge in [-0.3, -0.25) is 0 Å². The predicted molar refractivity (Wildman–Crippen MR) is 57.8 cm³/mol. The number of para-hydroxylation sites is 1. The number of hydrogen-bond acceptors (Lipinski definition) is 2. The van der Waals surface area contributed by atoms with Gasteiger partial charge in [0.05, 0.1) is 5.52 Å². The zero-order valence-corrected chi connectivity index (χ0v) is 8.27. The van der Waals surface area contributed by atoms with E-state index in [0.29, 0.717) is 0 Å². The fourth-order valence-corrected chi connectivity index (χ4v) is 1.36. The van der Waals surface area contributed by atoms with Crippen molar-refractivity contribution >= 4 is 10.9 Å². The number of nitrogens with zero attached hydrogens (tertiary/aromatic N) is 2. The molecule has 0 fully saturated rings. The molecule has 71 valence electrons. The third kappa shape index (κ3) is 1.90. The standard InChI is InChI=1S/C12H13N2/c1-2-3-8-12-13-9-10-6-4-5-7-11(10)14-12/h4-9H,2-3H2,1H3. The van der Waals surface area contributed by atoms with E-state index >= 15 is 0 Å². The minimum atomic E-state index is 0.838. The molecule has 2 rings (SSSR count). The van der Waals surface area contributed by atoms with E-state index in [1.54, 1.807) is 0 Å². The molecular weight excluding hydrogens is 172 g/mol. The lowest BCUT2D eigenvalue weighted by atomic mass is 10.2. The lowest BCUT2D eigenvalue weighted by Gasteiger charge is -1.99. The first-order valence-corrected chi connectivity index (χ1v) is 4.95. The summed E-state index contributed by atoms with van der Waals surface area (Å²) in [5, 5.41) is 1.10. The second kappa shape index (κ2) is 4.18. The summed E-state index contributed by atoms with van der Waals surface area (Å²) in [6.45, 7) is 2.15. The van der Waals surface area contributed by atoms with Crippen molar-refractivity contribution < 1.29 is 0 Å². The summed E-state index contributed by atoms with van der Waals surface area (Å²) in [6, 6.07) is 8.04. The Labute approximate surface area is 84.0 Å². The van der Waals surface area contributed by atoms with Crippen LogP contribution >= 0.6 is 0 Å². The second-order valence-corrected chi connectivity index (χ2v) is 3.28. The quantitative estimate of drug-likeness (QED) is 0.734. The van der Waals surface area contributed by atoms with Gasteiger partial charge >= 0.3 is 0 Å². The van der Waals surface area contributed by atoms with Crippen molar-refractivity contribution in [3.05, 3.63) is 42.7 Å². The Morgan fingerprint density at radius 3 is 3.00 bits per heavy atom. The maximum absolute atomic E-state index is 4.45. The van der Waals surface area contributed by atoms with E-state index in [1.165, 1.54) is 0 Å². The van der Waals surface area contributed by atoms with Gasteiger partial charge in [0.1, 0.15) is 5.82 Å². The van der Waals surface area contributed by atoms with Gasteiger partial charge in [-0.25, -0.2) is 9.97 Å². The number of hydrogen-bond donors (Lipinski definition) is 0. The van der Waals surface area contributed by atoms with Gasteiger partial charge in [-0.05, 0) is 12.5 Å². The van der Waals surface area contributed by atoms with E-state index in [0.717, 1.165) is 29.6 Å². The number of aromatic nitrogens is 2. The van der Waals surface area contributed by atoms with Gasteiger partial charge < -0.3 is 0 Å². The molecular formula is C12H13N2. The minimum absolute atomic E-state index is 0.838. The topological polar surface area (TPSA) is 25.8 Å². The van der Waals surface area contributed by atoms with E-state index < -0.39 is 0 Å². The summed E-state index contributed by atoms with van der Waals surface area (Å²) in [7, 11) is 0. The van der Waals surface area contributed by atoms with Crippen molar-refractivity contribution in [2.45, 2.75) is 19.8 Å². The van der Waals surface area contributed by atoms with Gasteiger partial charge in [-0.2, -0.15) is 0 Å². The molecule has 0 saturated carbocycles. The zero-order chi connectivity index (χ0) is 9.80. The average Bonchev–Trinajstić information content (AvgIpc) is 2.26. The first-order valence-electron chi connectivity index (χ1n) is 4.95. The Kier molecular flexibility index (Phi) is 2.73. The summed E-state index contributed by atoms with van der Waals surface area (Å²) in [5.41, 5.74) is 1.02. The number of rotatable bonds is 3. The highest BCUT2D eigenvalue weighted by Gasteiger charge is 1.98. The highest BCUT2D eigenvalue weighted by molar-refractivity contribution is 5.77. The highest BCUT2D eigenvalue weighted by atomic mass is 14.9. The SMILES string of the molecule is CCC[CH]c1ncc2ccccc2n1. The molecule has 0 amide bonds. The molecule has 0 N–H and O–H groups in total. The molecule has 14 heavy (non-hydrogen) atoms. The maximum atomic E-state index is 4.45. The molecule has 0 bridgehead atoms. The highest BCUT2D eigenvalue weighted by Crippen LogP contribution is 2.11. The normalized spacial score (nSPS) is 10.6. The lowest BCUT2D eigenvalue weighted by Crippen LogP contribution is -1.92. The average molecular weight is 185 g/mol. The van der Waals surface area contributed by atoms with Gasteiger partial charge in [0.25, 0.3) is 0 Å². The molecule has 1 radical (unpaired) electrons. The third-order valence-electron chi connectivity index (χ3n) is 2.12.